The molecule has 6 nitrogen and oxygen atoms in total. The minimum Gasteiger partial charge on any atom is -0.497 e. The molecule has 0 aliphatic heterocycles. The lowest BCUT2D eigenvalue weighted by atomic mass is 10.1. The molecule has 0 bridgehead atoms. The summed E-state index contributed by atoms with van der Waals surface area (Å²) >= 11 is 1.39. The van der Waals surface area contributed by atoms with Crippen LogP contribution < -0.4 is 10.1 Å². The van der Waals surface area contributed by atoms with Crippen molar-refractivity contribution in [2.45, 2.75) is 19.9 Å². The number of nitrogens with one attached hydrogen (secondary N) is 1. The smallest absolute Gasteiger partial charge is 0.264 e. The fraction of sp³-hybridized carbons (Fsp3) is 0.278. The standard InChI is InChI=1S/C18H20N4O2S/c1-11-16(25-12(2)20-11)18(23)21-15(17-19-8-9-22(17)3)13-6-5-7-14(10-13)24-4/h5-10,15H,1-4H3,(H,21,23)/t15-/m0/s1. The highest BCUT2D eigenvalue weighted by Crippen LogP contribution is 2.26. The lowest BCUT2D eigenvalue weighted by molar-refractivity contribution is 0.0944. The second kappa shape index (κ2) is 7.06. The first-order chi connectivity index (χ1) is 12.0. The molecule has 3 aromatic rings. The molecule has 2 aromatic heterocycles. The van der Waals surface area contributed by atoms with Crippen LogP contribution in [0.5, 0.6) is 5.75 Å². The average Bonchev–Trinajstić information content (AvgIpc) is 3.17. The maximum absolute atomic E-state index is 12.8. The summed E-state index contributed by atoms with van der Waals surface area (Å²) in [6.07, 6.45) is 3.58. The molecule has 0 aliphatic carbocycles. The van der Waals surface area contributed by atoms with Crippen LogP contribution in [-0.4, -0.2) is 27.6 Å². The van der Waals surface area contributed by atoms with E-state index in [0.717, 1.165) is 27.8 Å². The number of carbonyl (C=O) groups excluding carboxylic acids is 1. The van der Waals surface area contributed by atoms with Crippen LogP contribution in [0.25, 0.3) is 0 Å². The Morgan fingerprint density at radius 3 is 2.76 bits per heavy atom. The molecule has 1 aromatic carbocycles. The number of hydrogen-bond donors (Lipinski definition) is 1. The Kier molecular flexibility index (Phi) is 4.85. The van der Waals surface area contributed by atoms with E-state index in [0.29, 0.717) is 4.88 Å². The number of aromatic nitrogens is 3. The first kappa shape index (κ1) is 17.2. The lowest BCUT2D eigenvalue weighted by Crippen LogP contribution is -2.31. The minimum atomic E-state index is -0.385. The maximum atomic E-state index is 12.8. The predicted molar refractivity (Wildman–Crippen MR) is 97.1 cm³/mol. The third kappa shape index (κ3) is 3.56. The third-order valence-electron chi connectivity index (χ3n) is 3.93. The zero-order valence-corrected chi connectivity index (χ0v) is 15.4. The molecule has 0 saturated carbocycles. The second-order valence-corrected chi connectivity index (χ2v) is 6.93. The Morgan fingerprint density at radius 1 is 1.36 bits per heavy atom. The van der Waals surface area contributed by atoms with E-state index in [-0.39, 0.29) is 11.9 Å². The first-order valence-corrected chi connectivity index (χ1v) is 8.67. The molecule has 3 rings (SSSR count). The van der Waals surface area contributed by atoms with Crippen LogP contribution in [0.3, 0.4) is 0 Å². The SMILES string of the molecule is COc1cccc([C@H](NC(=O)c2sc(C)nc2C)c2nccn2C)c1. The Bertz CT molecular complexity index is 900. The minimum absolute atomic E-state index is 0.154. The Hall–Kier alpha value is -2.67. The number of thiazole rings is 1. The van der Waals surface area contributed by atoms with Gasteiger partial charge >= 0.3 is 0 Å². The van der Waals surface area contributed by atoms with Gasteiger partial charge in [0.2, 0.25) is 0 Å². The van der Waals surface area contributed by atoms with Crippen molar-refractivity contribution in [3.63, 3.8) is 0 Å². The van der Waals surface area contributed by atoms with Gasteiger partial charge in [0, 0.05) is 19.4 Å². The summed E-state index contributed by atoms with van der Waals surface area (Å²) in [6, 6.07) is 7.25. The quantitative estimate of drug-likeness (QED) is 0.763. The molecule has 0 saturated heterocycles. The van der Waals surface area contributed by atoms with Gasteiger partial charge in [0.25, 0.3) is 5.91 Å². The second-order valence-electron chi connectivity index (χ2n) is 5.73. The number of imidazole rings is 1. The number of ether oxygens (including phenoxy) is 1. The Balaban J connectivity index is 1.98. The third-order valence-corrected chi connectivity index (χ3v) is 5.00. The van der Waals surface area contributed by atoms with Crippen LogP contribution in [0.1, 0.15) is 37.8 Å². The monoisotopic (exact) mass is 356 g/mol. The van der Waals surface area contributed by atoms with Gasteiger partial charge in [0.05, 0.1) is 17.8 Å². The van der Waals surface area contributed by atoms with E-state index in [1.807, 2.05) is 55.9 Å². The number of rotatable bonds is 5. The van der Waals surface area contributed by atoms with Gasteiger partial charge in [0.15, 0.2) is 0 Å². The highest BCUT2D eigenvalue weighted by atomic mass is 32.1. The predicted octanol–water partition coefficient (Wildman–Crippen LogP) is 3.02. The largest absolute Gasteiger partial charge is 0.497 e. The number of hydrogen-bond acceptors (Lipinski definition) is 5. The van der Waals surface area contributed by atoms with Crippen LogP contribution in [0, 0.1) is 13.8 Å². The number of benzene rings is 1. The normalized spacial score (nSPS) is 12.0. The van der Waals surface area contributed by atoms with Gasteiger partial charge < -0.3 is 14.6 Å². The van der Waals surface area contributed by atoms with E-state index in [1.54, 1.807) is 13.3 Å². The Labute approximate surface area is 150 Å². The molecule has 0 aliphatic rings. The van der Waals surface area contributed by atoms with Crippen molar-refractivity contribution in [3.8, 4) is 5.75 Å². The summed E-state index contributed by atoms with van der Waals surface area (Å²) < 4.78 is 7.21. The molecule has 130 valence electrons. The number of aryl methyl sites for hydroxylation is 3. The van der Waals surface area contributed by atoms with E-state index >= 15 is 0 Å². The maximum Gasteiger partial charge on any atom is 0.264 e. The van der Waals surface area contributed by atoms with Gasteiger partial charge in [0.1, 0.15) is 22.5 Å². The van der Waals surface area contributed by atoms with Crippen molar-refractivity contribution < 1.29 is 9.53 Å². The number of methoxy groups -OCH3 is 1. The zero-order valence-electron chi connectivity index (χ0n) is 14.6. The molecular formula is C18H20N4O2S. The summed E-state index contributed by atoms with van der Waals surface area (Å²) in [5, 5.41) is 3.96. The van der Waals surface area contributed by atoms with Crippen LogP contribution >= 0.6 is 11.3 Å². The molecule has 1 N–H and O–H groups in total. The fourth-order valence-corrected chi connectivity index (χ4v) is 3.53. The highest BCUT2D eigenvalue weighted by molar-refractivity contribution is 7.13. The molecule has 0 fully saturated rings. The molecule has 0 unspecified atom stereocenters. The summed E-state index contributed by atoms with van der Waals surface area (Å²) in [6.45, 7) is 3.74. The van der Waals surface area contributed by atoms with Crippen molar-refractivity contribution in [3.05, 3.63) is 63.6 Å². The van der Waals surface area contributed by atoms with Crippen LogP contribution in [0.4, 0.5) is 0 Å². The van der Waals surface area contributed by atoms with Crippen molar-refractivity contribution in [2.75, 3.05) is 7.11 Å². The van der Waals surface area contributed by atoms with E-state index in [1.165, 1.54) is 11.3 Å². The highest BCUT2D eigenvalue weighted by Gasteiger charge is 2.24. The van der Waals surface area contributed by atoms with E-state index in [4.69, 9.17) is 4.74 Å². The molecule has 1 amide bonds. The van der Waals surface area contributed by atoms with Gasteiger partial charge in [-0.25, -0.2) is 9.97 Å². The molecule has 25 heavy (non-hydrogen) atoms. The fourth-order valence-electron chi connectivity index (χ4n) is 2.71. The number of amides is 1. The summed E-state index contributed by atoms with van der Waals surface area (Å²) in [5.74, 6) is 1.33. The number of nitrogens with zero attached hydrogens (tertiary/aromatic N) is 3. The van der Waals surface area contributed by atoms with Crippen molar-refractivity contribution >= 4 is 17.2 Å². The van der Waals surface area contributed by atoms with Crippen molar-refractivity contribution in [1.82, 2.24) is 19.9 Å². The molecule has 7 heteroatoms. The van der Waals surface area contributed by atoms with Crippen LogP contribution in [-0.2, 0) is 7.05 Å². The van der Waals surface area contributed by atoms with Gasteiger partial charge in [-0.05, 0) is 31.5 Å². The molecule has 1 atom stereocenters. The first-order valence-electron chi connectivity index (χ1n) is 7.85. The van der Waals surface area contributed by atoms with Gasteiger partial charge in [-0.2, -0.15) is 0 Å². The summed E-state index contributed by atoms with van der Waals surface area (Å²) in [7, 11) is 3.53. The van der Waals surface area contributed by atoms with Gasteiger partial charge in [-0.1, -0.05) is 12.1 Å². The Morgan fingerprint density at radius 2 is 2.16 bits per heavy atom. The average molecular weight is 356 g/mol. The van der Waals surface area contributed by atoms with E-state index < -0.39 is 0 Å². The van der Waals surface area contributed by atoms with Crippen LogP contribution in [0.15, 0.2) is 36.7 Å². The van der Waals surface area contributed by atoms with Crippen molar-refractivity contribution in [1.29, 1.82) is 0 Å². The topological polar surface area (TPSA) is 69.0 Å². The van der Waals surface area contributed by atoms with Gasteiger partial charge in [-0.15, -0.1) is 11.3 Å². The zero-order chi connectivity index (χ0) is 18.0. The summed E-state index contributed by atoms with van der Waals surface area (Å²) in [4.78, 5) is 22.2. The molecule has 0 radical (unpaired) electrons. The van der Waals surface area contributed by atoms with Crippen molar-refractivity contribution in [2.24, 2.45) is 7.05 Å². The van der Waals surface area contributed by atoms with E-state index in [2.05, 4.69) is 15.3 Å². The van der Waals surface area contributed by atoms with E-state index in [9.17, 15) is 4.79 Å². The summed E-state index contributed by atoms with van der Waals surface area (Å²) in [5.41, 5.74) is 1.64. The molecule has 0 spiro atoms. The number of carbonyl (C=O) groups is 1. The lowest BCUT2D eigenvalue weighted by Gasteiger charge is -2.19. The molecule has 2 heterocycles. The molecular weight excluding hydrogens is 336 g/mol. The van der Waals surface area contributed by atoms with Crippen LogP contribution in [0.2, 0.25) is 0 Å². The van der Waals surface area contributed by atoms with Gasteiger partial charge in [-0.3, -0.25) is 4.79 Å².